The van der Waals surface area contributed by atoms with E-state index < -0.39 is 10.0 Å². The number of aryl methyl sites for hydroxylation is 3. The van der Waals surface area contributed by atoms with Gasteiger partial charge in [0.05, 0.1) is 10.6 Å². The largest absolute Gasteiger partial charge is 0.319 e. The van der Waals surface area contributed by atoms with Crippen molar-refractivity contribution in [3.63, 3.8) is 0 Å². The molecule has 27 heavy (non-hydrogen) atoms. The van der Waals surface area contributed by atoms with Gasteiger partial charge in [0.15, 0.2) is 0 Å². The number of sulfonamides is 1. The molecule has 0 spiro atoms. The van der Waals surface area contributed by atoms with Crippen LogP contribution in [0.1, 0.15) is 29.4 Å². The fourth-order valence-corrected chi connectivity index (χ4v) is 3.75. The highest BCUT2D eigenvalue weighted by molar-refractivity contribution is 7.89. The van der Waals surface area contributed by atoms with Gasteiger partial charge in [-0.2, -0.15) is 18.4 Å². The van der Waals surface area contributed by atoms with Gasteiger partial charge in [-0.1, -0.05) is 29.8 Å². The van der Waals surface area contributed by atoms with Gasteiger partial charge in [0, 0.05) is 17.1 Å². The molecule has 6 heteroatoms. The summed E-state index contributed by atoms with van der Waals surface area (Å²) in [5, 5.41) is 4.06. The molecule has 0 saturated heterocycles. The molecule has 0 atom stereocenters. The minimum absolute atomic E-state index is 0.193. The first-order chi connectivity index (χ1) is 12.8. The van der Waals surface area contributed by atoms with E-state index in [-0.39, 0.29) is 4.90 Å². The fraction of sp³-hybridized carbons (Fsp3) is 0.190. The van der Waals surface area contributed by atoms with E-state index in [1.807, 2.05) is 31.2 Å². The molecule has 1 heterocycles. The summed E-state index contributed by atoms with van der Waals surface area (Å²) in [6.07, 6.45) is 0. The minimum Gasteiger partial charge on any atom is -0.319 e. The smallest absolute Gasteiger partial charge is 0.276 e. The Labute approximate surface area is 160 Å². The van der Waals surface area contributed by atoms with E-state index in [9.17, 15) is 8.42 Å². The first kappa shape index (κ1) is 18.9. The molecule has 0 unspecified atom stereocenters. The van der Waals surface area contributed by atoms with E-state index in [1.165, 1.54) is 0 Å². The lowest BCUT2D eigenvalue weighted by Crippen LogP contribution is -2.20. The summed E-state index contributed by atoms with van der Waals surface area (Å²) in [4.78, 5) is 2.50. The third-order valence-corrected chi connectivity index (χ3v) is 5.70. The molecule has 0 radical (unpaired) electrons. The second-order valence-corrected chi connectivity index (χ2v) is 8.26. The molecular weight excluding hydrogens is 358 g/mol. The lowest BCUT2D eigenvalue weighted by atomic mass is 10.1. The Kier molecular flexibility index (Phi) is 5.19. The Balaban J connectivity index is 1.79. The standard InChI is InChI=1S/C21H23N3O2S/c1-15-5-13-21(14-6-15)27(25,26)23-22-18(4)19-9-11-20(12-10-19)24-16(2)7-8-17(24)3/h5-14,23H,1-4H3/b22-18-. The molecule has 0 saturated carbocycles. The lowest BCUT2D eigenvalue weighted by molar-refractivity contribution is 0.584. The molecule has 0 aliphatic rings. The molecule has 0 aliphatic carbocycles. The van der Waals surface area contributed by atoms with Crippen LogP contribution in [0.5, 0.6) is 0 Å². The van der Waals surface area contributed by atoms with Crippen LogP contribution in [0.2, 0.25) is 0 Å². The highest BCUT2D eigenvalue weighted by atomic mass is 32.2. The first-order valence-electron chi connectivity index (χ1n) is 8.66. The van der Waals surface area contributed by atoms with Crippen LogP contribution in [0.4, 0.5) is 0 Å². The van der Waals surface area contributed by atoms with Crippen molar-refractivity contribution in [2.45, 2.75) is 32.6 Å². The number of hydrazone groups is 1. The highest BCUT2D eigenvalue weighted by Crippen LogP contribution is 2.17. The van der Waals surface area contributed by atoms with Crippen LogP contribution in [0.3, 0.4) is 0 Å². The second-order valence-electron chi connectivity index (χ2n) is 6.60. The van der Waals surface area contributed by atoms with Crippen molar-refractivity contribution in [2.24, 2.45) is 5.10 Å². The van der Waals surface area contributed by atoms with Gasteiger partial charge in [-0.15, -0.1) is 0 Å². The molecule has 3 aromatic rings. The number of hydrogen-bond acceptors (Lipinski definition) is 3. The third kappa shape index (κ3) is 4.11. The van der Waals surface area contributed by atoms with Gasteiger partial charge in [0.25, 0.3) is 10.0 Å². The Hall–Kier alpha value is -2.86. The van der Waals surface area contributed by atoms with Gasteiger partial charge in [-0.25, -0.2) is 0 Å². The van der Waals surface area contributed by atoms with Crippen LogP contribution in [0.15, 0.2) is 70.7 Å². The average molecular weight is 382 g/mol. The number of nitrogens with one attached hydrogen (secondary N) is 1. The lowest BCUT2D eigenvalue weighted by Gasteiger charge is -2.10. The van der Waals surface area contributed by atoms with E-state index in [4.69, 9.17) is 0 Å². The van der Waals surface area contributed by atoms with Crippen molar-refractivity contribution < 1.29 is 8.42 Å². The maximum atomic E-state index is 12.3. The zero-order chi connectivity index (χ0) is 19.6. The number of rotatable bonds is 5. The Morgan fingerprint density at radius 2 is 1.41 bits per heavy atom. The van der Waals surface area contributed by atoms with E-state index in [2.05, 4.69) is 40.5 Å². The van der Waals surface area contributed by atoms with Crippen molar-refractivity contribution >= 4 is 15.7 Å². The summed E-state index contributed by atoms with van der Waals surface area (Å²) >= 11 is 0. The van der Waals surface area contributed by atoms with Crippen molar-refractivity contribution in [2.75, 3.05) is 0 Å². The van der Waals surface area contributed by atoms with Gasteiger partial charge in [0.1, 0.15) is 0 Å². The normalized spacial score (nSPS) is 12.2. The Morgan fingerprint density at radius 3 is 1.96 bits per heavy atom. The summed E-state index contributed by atoms with van der Waals surface area (Å²) < 4.78 is 26.8. The number of hydrogen-bond donors (Lipinski definition) is 1. The second kappa shape index (κ2) is 7.40. The van der Waals surface area contributed by atoms with Crippen molar-refractivity contribution in [3.8, 4) is 5.69 Å². The molecule has 0 bridgehead atoms. The van der Waals surface area contributed by atoms with Crippen molar-refractivity contribution in [1.82, 2.24) is 9.40 Å². The molecule has 1 N–H and O–H groups in total. The van der Waals surface area contributed by atoms with Crippen LogP contribution in [-0.2, 0) is 10.0 Å². The van der Waals surface area contributed by atoms with Gasteiger partial charge >= 0.3 is 0 Å². The summed E-state index contributed by atoms with van der Waals surface area (Å²) in [6.45, 7) is 7.81. The predicted molar refractivity (Wildman–Crippen MR) is 109 cm³/mol. The van der Waals surface area contributed by atoms with E-state index in [0.29, 0.717) is 5.71 Å². The van der Waals surface area contributed by atoms with E-state index >= 15 is 0 Å². The topological polar surface area (TPSA) is 63.5 Å². The molecule has 2 aromatic carbocycles. The summed E-state index contributed by atoms with van der Waals surface area (Å²) in [5.41, 5.74) is 5.84. The summed E-state index contributed by atoms with van der Waals surface area (Å²) in [6, 6.07) is 18.7. The van der Waals surface area contributed by atoms with Crippen molar-refractivity contribution in [3.05, 3.63) is 83.2 Å². The van der Waals surface area contributed by atoms with Gasteiger partial charge < -0.3 is 4.57 Å². The quantitative estimate of drug-likeness (QED) is 0.534. The zero-order valence-electron chi connectivity index (χ0n) is 15.9. The monoisotopic (exact) mass is 381 g/mol. The van der Waals surface area contributed by atoms with Gasteiger partial charge in [-0.3, -0.25) is 0 Å². The molecule has 5 nitrogen and oxygen atoms in total. The zero-order valence-corrected chi connectivity index (χ0v) is 16.7. The molecular formula is C21H23N3O2S. The van der Waals surface area contributed by atoms with E-state index in [0.717, 1.165) is 28.2 Å². The molecule has 1 aromatic heterocycles. The molecule has 3 rings (SSSR count). The minimum atomic E-state index is -3.68. The van der Waals surface area contributed by atoms with Crippen LogP contribution in [0, 0.1) is 20.8 Å². The SMILES string of the molecule is C/C(=N/NS(=O)(=O)c1ccc(C)cc1)c1ccc(-n2c(C)ccc2C)cc1. The number of benzene rings is 2. The number of nitrogens with zero attached hydrogens (tertiary/aromatic N) is 2. The van der Waals surface area contributed by atoms with Crippen LogP contribution in [0.25, 0.3) is 5.69 Å². The first-order valence-corrected chi connectivity index (χ1v) is 10.1. The molecule has 0 aliphatic heterocycles. The van der Waals surface area contributed by atoms with Crippen LogP contribution in [-0.4, -0.2) is 18.7 Å². The van der Waals surface area contributed by atoms with Gasteiger partial charge in [-0.05, 0) is 69.7 Å². The third-order valence-electron chi connectivity index (χ3n) is 4.48. The average Bonchev–Trinajstić information content (AvgIpc) is 2.99. The maximum Gasteiger partial charge on any atom is 0.276 e. The highest BCUT2D eigenvalue weighted by Gasteiger charge is 2.12. The Bertz CT molecular complexity index is 1060. The molecule has 0 fully saturated rings. The summed E-state index contributed by atoms with van der Waals surface area (Å²) in [5.74, 6) is 0. The molecule has 0 amide bonds. The summed E-state index contributed by atoms with van der Waals surface area (Å²) in [7, 11) is -3.68. The number of aromatic nitrogens is 1. The van der Waals surface area contributed by atoms with Crippen LogP contribution < -0.4 is 4.83 Å². The van der Waals surface area contributed by atoms with Crippen LogP contribution >= 0.6 is 0 Å². The van der Waals surface area contributed by atoms with Crippen molar-refractivity contribution in [1.29, 1.82) is 0 Å². The fourth-order valence-electron chi connectivity index (χ4n) is 2.89. The maximum absolute atomic E-state index is 12.3. The predicted octanol–water partition coefficient (Wildman–Crippen LogP) is 4.11. The Morgan fingerprint density at radius 1 is 0.852 bits per heavy atom. The van der Waals surface area contributed by atoms with Gasteiger partial charge in [0.2, 0.25) is 0 Å². The van der Waals surface area contributed by atoms with E-state index in [1.54, 1.807) is 31.2 Å². The molecule has 140 valence electrons.